The van der Waals surface area contributed by atoms with Crippen molar-refractivity contribution in [2.24, 2.45) is 0 Å². The molecule has 1 saturated heterocycles. The molecule has 1 aliphatic rings. The topological polar surface area (TPSA) is 42.3 Å². The van der Waals surface area contributed by atoms with Gasteiger partial charge in [0.25, 0.3) is 0 Å². The second-order valence-electron chi connectivity index (χ2n) is 5.10. The van der Waals surface area contributed by atoms with Crippen molar-refractivity contribution in [3.05, 3.63) is 29.8 Å². The van der Waals surface area contributed by atoms with Crippen LogP contribution in [0.2, 0.25) is 0 Å². The normalized spacial score (nSPS) is 17.1. The molecule has 0 spiro atoms. The van der Waals surface area contributed by atoms with Crippen molar-refractivity contribution >= 4 is 5.69 Å². The second-order valence-corrected chi connectivity index (χ2v) is 5.10. The van der Waals surface area contributed by atoms with E-state index in [9.17, 15) is 0 Å². The van der Waals surface area contributed by atoms with Crippen molar-refractivity contribution in [1.29, 1.82) is 5.26 Å². The lowest BCUT2D eigenvalue weighted by molar-refractivity contribution is 0.158. The van der Waals surface area contributed by atoms with E-state index in [0.717, 1.165) is 24.3 Å². The summed E-state index contributed by atoms with van der Waals surface area (Å²) >= 11 is 0. The van der Waals surface area contributed by atoms with E-state index in [1.54, 1.807) is 0 Å². The fourth-order valence-electron chi connectivity index (χ4n) is 2.26. The van der Waals surface area contributed by atoms with Crippen LogP contribution in [-0.2, 0) is 6.42 Å². The third-order valence-corrected chi connectivity index (χ3v) is 3.59. The highest BCUT2D eigenvalue weighted by Gasteiger charge is 2.12. The molecular weight excluding hydrogens is 236 g/mol. The summed E-state index contributed by atoms with van der Waals surface area (Å²) in [6, 6.07) is 10.3. The van der Waals surface area contributed by atoms with Gasteiger partial charge in [-0.1, -0.05) is 12.1 Å². The number of nitrogens with zero attached hydrogens (tertiary/aromatic N) is 3. The summed E-state index contributed by atoms with van der Waals surface area (Å²) in [6.45, 7) is 6.74. The number of nitriles is 1. The molecule has 2 rings (SSSR count). The number of rotatable bonds is 5. The molecule has 1 N–H and O–H groups in total. The minimum absolute atomic E-state index is 0.488. The number of anilines is 1. The van der Waals surface area contributed by atoms with E-state index in [1.807, 2.05) is 12.1 Å². The van der Waals surface area contributed by atoms with Crippen LogP contribution in [0.25, 0.3) is 0 Å². The van der Waals surface area contributed by atoms with E-state index in [4.69, 9.17) is 5.26 Å². The van der Waals surface area contributed by atoms with Gasteiger partial charge in [-0.2, -0.15) is 5.26 Å². The third kappa shape index (κ3) is 4.55. The molecule has 1 aromatic carbocycles. The summed E-state index contributed by atoms with van der Waals surface area (Å²) < 4.78 is 0. The fraction of sp³-hybridized carbons (Fsp3) is 0.533. The van der Waals surface area contributed by atoms with Crippen molar-refractivity contribution in [3.63, 3.8) is 0 Å². The predicted octanol–water partition coefficient (Wildman–Crippen LogP) is 1.41. The largest absolute Gasteiger partial charge is 0.384 e. The molecule has 4 heteroatoms. The van der Waals surface area contributed by atoms with Gasteiger partial charge in [0.15, 0.2) is 0 Å². The molecule has 0 aliphatic carbocycles. The van der Waals surface area contributed by atoms with Gasteiger partial charge in [0, 0.05) is 45.0 Å². The first-order chi connectivity index (χ1) is 9.28. The van der Waals surface area contributed by atoms with E-state index >= 15 is 0 Å². The van der Waals surface area contributed by atoms with E-state index in [-0.39, 0.29) is 0 Å². The molecule has 0 saturated carbocycles. The quantitative estimate of drug-likeness (QED) is 0.867. The second kappa shape index (κ2) is 7.13. The summed E-state index contributed by atoms with van der Waals surface area (Å²) in [5, 5.41) is 12.1. The Balaban J connectivity index is 1.69. The molecule has 4 nitrogen and oxygen atoms in total. The lowest BCUT2D eigenvalue weighted by atomic mass is 10.1. The van der Waals surface area contributed by atoms with Gasteiger partial charge < -0.3 is 10.2 Å². The number of benzene rings is 1. The molecule has 102 valence electrons. The zero-order valence-corrected chi connectivity index (χ0v) is 11.6. The number of nitrogens with one attached hydrogen (secondary N) is 1. The van der Waals surface area contributed by atoms with Crippen molar-refractivity contribution in [2.75, 3.05) is 51.6 Å². The summed E-state index contributed by atoms with van der Waals surface area (Å²) in [7, 11) is 2.18. The predicted molar refractivity (Wildman–Crippen MR) is 78.2 cm³/mol. The van der Waals surface area contributed by atoms with Gasteiger partial charge in [0.05, 0.1) is 12.5 Å². The van der Waals surface area contributed by atoms with Crippen LogP contribution in [0, 0.1) is 11.3 Å². The first-order valence-electron chi connectivity index (χ1n) is 6.88. The van der Waals surface area contributed by atoms with Crippen LogP contribution in [0.5, 0.6) is 0 Å². The lowest BCUT2D eigenvalue weighted by Crippen LogP contribution is -2.45. The summed E-state index contributed by atoms with van der Waals surface area (Å²) in [5.74, 6) is 0. The molecule has 0 aromatic heterocycles. The molecule has 0 radical (unpaired) electrons. The number of piperazine rings is 1. The van der Waals surface area contributed by atoms with Crippen LogP contribution >= 0.6 is 0 Å². The average molecular weight is 258 g/mol. The van der Waals surface area contributed by atoms with Crippen molar-refractivity contribution in [3.8, 4) is 6.07 Å². The van der Waals surface area contributed by atoms with Gasteiger partial charge in [-0.25, -0.2) is 0 Å². The van der Waals surface area contributed by atoms with Crippen LogP contribution in [0.4, 0.5) is 5.69 Å². The Bertz CT molecular complexity index is 413. The van der Waals surface area contributed by atoms with E-state index in [1.165, 1.54) is 26.2 Å². The van der Waals surface area contributed by atoms with Crippen molar-refractivity contribution in [2.45, 2.75) is 6.42 Å². The van der Waals surface area contributed by atoms with Gasteiger partial charge in [0.2, 0.25) is 0 Å². The molecule has 0 unspecified atom stereocenters. The first kappa shape index (κ1) is 13.9. The van der Waals surface area contributed by atoms with Crippen LogP contribution in [0.1, 0.15) is 5.56 Å². The monoisotopic (exact) mass is 258 g/mol. The Morgan fingerprint density at radius 1 is 1.16 bits per heavy atom. The number of likely N-dealkylation sites (N-methyl/N-ethyl adjacent to an activating group) is 1. The highest BCUT2D eigenvalue weighted by Crippen LogP contribution is 2.09. The molecule has 0 amide bonds. The van der Waals surface area contributed by atoms with E-state index < -0.39 is 0 Å². The summed E-state index contributed by atoms with van der Waals surface area (Å²) in [5.41, 5.74) is 2.21. The van der Waals surface area contributed by atoms with E-state index in [2.05, 4.69) is 40.4 Å². The Morgan fingerprint density at radius 3 is 2.47 bits per heavy atom. The molecule has 1 aromatic rings. The molecule has 0 bridgehead atoms. The van der Waals surface area contributed by atoms with Gasteiger partial charge in [-0.05, 0) is 24.7 Å². The zero-order chi connectivity index (χ0) is 13.5. The molecule has 19 heavy (non-hydrogen) atoms. The Kier molecular flexibility index (Phi) is 5.20. The SMILES string of the molecule is CN1CCN(CCNc2ccc(CC#N)cc2)CC1. The fourth-order valence-corrected chi connectivity index (χ4v) is 2.26. The van der Waals surface area contributed by atoms with Crippen LogP contribution in [0.15, 0.2) is 24.3 Å². The van der Waals surface area contributed by atoms with Crippen molar-refractivity contribution in [1.82, 2.24) is 9.80 Å². The third-order valence-electron chi connectivity index (χ3n) is 3.59. The number of hydrogen-bond donors (Lipinski definition) is 1. The maximum absolute atomic E-state index is 8.62. The molecular formula is C15H22N4. The minimum atomic E-state index is 0.488. The maximum atomic E-state index is 8.62. The molecule has 1 fully saturated rings. The summed E-state index contributed by atoms with van der Waals surface area (Å²) in [4.78, 5) is 4.87. The van der Waals surface area contributed by atoms with Gasteiger partial charge in [0.1, 0.15) is 0 Å². The van der Waals surface area contributed by atoms with Crippen LogP contribution < -0.4 is 5.32 Å². The zero-order valence-electron chi connectivity index (χ0n) is 11.6. The molecule has 0 atom stereocenters. The smallest absolute Gasteiger partial charge is 0.0669 e. The van der Waals surface area contributed by atoms with Gasteiger partial charge >= 0.3 is 0 Å². The highest BCUT2D eigenvalue weighted by atomic mass is 15.2. The first-order valence-corrected chi connectivity index (χ1v) is 6.88. The average Bonchev–Trinajstić information content (AvgIpc) is 2.43. The maximum Gasteiger partial charge on any atom is 0.0669 e. The van der Waals surface area contributed by atoms with Crippen LogP contribution in [0.3, 0.4) is 0 Å². The number of hydrogen-bond acceptors (Lipinski definition) is 4. The van der Waals surface area contributed by atoms with E-state index in [0.29, 0.717) is 6.42 Å². The van der Waals surface area contributed by atoms with Crippen molar-refractivity contribution < 1.29 is 0 Å². The highest BCUT2D eigenvalue weighted by molar-refractivity contribution is 5.44. The Hall–Kier alpha value is -1.57. The minimum Gasteiger partial charge on any atom is -0.384 e. The Morgan fingerprint density at radius 2 is 1.84 bits per heavy atom. The lowest BCUT2D eigenvalue weighted by Gasteiger charge is -2.32. The van der Waals surface area contributed by atoms with Gasteiger partial charge in [-0.3, -0.25) is 4.90 Å². The molecule has 1 aliphatic heterocycles. The summed E-state index contributed by atoms with van der Waals surface area (Å²) in [6.07, 6.45) is 0.488. The molecule has 1 heterocycles. The van der Waals surface area contributed by atoms with Crippen LogP contribution in [-0.4, -0.2) is 56.1 Å². The Labute approximate surface area is 115 Å². The standard InChI is InChI=1S/C15H22N4/c1-18-10-12-19(13-11-18)9-8-17-15-4-2-14(3-5-15)6-7-16/h2-5,17H,6,8-13H2,1H3. The van der Waals surface area contributed by atoms with Gasteiger partial charge in [-0.15, -0.1) is 0 Å².